The number of ether oxygens (including phenoxy) is 2. The zero-order valence-electron chi connectivity index (χ0n) is 9.87. The van der Waals surface area contributed by atoms with Crippen LogP contribution in [-0.4, -0.2) is 6.79 Å². The Morgan fingerprint density at radius 1 is 1.00 bits per heavy atom. The zero-order valence-corrected chi connectivity index (χ0v) is 10.6. The van der Waals surface area contributed by atoms with Crippen LogP contribution < -0.4 is 14.8 Å². The third-order valence-corrected chi connectivity index (χ3v) is 3.24. The summed E-state index contributed by atoms with van der Waals surface area (Å²) in [4.78, 5) is 0. The van der Waals surface area contributed by atoms with Gasteiger partial charge < -0.3 is 14.8 Å². The van der Waals surface area contributed by atoms with Crippen molar-refractivity contribution in [3.05, 3.63) is 47.0 Å². The predicted octanol–water partition coefficient (Wildman–Crippen LogP) is 4.12. The van der Waals surface area contributed by atoms with Crippen LogP contribution in [0.2, 0.25) is 5.02 Å². The molecule has 0 fully saturated rings. The lowest BCUT2D eigenvalue weighted by Crippen LogP contribution is -1.93. The molecule has 0 amide bonds. The number of halogens is 1. The molecule has 0 atom stereocenters. The van der Waals surface area contributed by atoms with Gasteiger partial charge in [-0.3, -0.25) is 0 Å². The number of rotatable bonds is 2. The molecule has 0 aromatic heterocycles. The molecule has 0 unspecified atom stereocenters. The summed E-state index contributed by atoms with van der Waals surface area (Å²) < 4.78 is 10.6. The van der Waals surface area contributed by atoms with Crippen molar-refractivity contribution >= 4 is 23.0 Å². The van der Waals surface area contributed by atoms with Crippen molar-refractivity contribution in [3.8, 4) is 11.5 Å². The van der Waals surface area contributed by atoms with Gasteiger partial charge in [-0.1, -0.05) is 17.7 Å². The molecule has 1 aliphatic rings. The first kappa shape index (κ1) is 11.2. The summed E-state index contributed by atoms with van der Waals surface area (Å²) in [5.74, 6) is 1.54. The van der Waals surface area contributed by atoms with Gasteiger partial charge in [-0.25, -0.2) is 0 Å². The minimum Gasteiger partial charge on any atom is -0.454 e. The highest BCUT2D eigenvalue weighted by Crippen LogP contribution is 2.35. The molecule has 1 heterocycles. The Balaban J connectivity index is 1.85. The quantitative estimate of drug-likeness (QED) is 0.882. The molecule has 4 heteroatoms. The van der Waals surface area contributed by atoms with Gasteiger partial charge in [0.2, 0.25) is 6.79 Å². The van der Waals surface area contributed by atoms with E-state index in [1.165, 1.54) is 0 Å². The Hall–Kier alpha value is -1.87. The summed E-state index contributed by atoms with van der Waals surface area (Å²) in [6, 6.07) is 11.6. The van der Waals surface area contributed by atoms with Crippen LogP contribution in [0.1, 0.15) is 5.56 Å². The van der Waals surface area contributed by atoms with E-state index in [1.54, 1.807) is 0 Å². The summed E-state index contributed by atoms with van der Waals surface area (Å²) in [6.45, 7) is 2.27. The highest BCUT2D eigenvalue weighted by atomic mass is 35.5. The molecule has 0 aliphatic carbocycles. The number of anilines is 2. The summed E-state index contributed by atoms with van der Waals surface area (Å²) in [5.41, 5.74) is 2.96. The van der Waals surface area contributed by atoms with E-state index >= 15 is 0 Å². The van der Waals surface area contributed by atoms with Gasteiger partial charge >= 0.3 is 0 Å². The van der Waals surface area contributed by atoms with E-state index in [9.17, 15) is 0 Å². The lowest BCUT2D eigenvalue weighted by molar-refractivity contribution is 0.174. The number of fused-ring (bicyclic) bond motifs is 1. The van der Waals surface area contributed by atoms with Crippen molar-refractivity contribution in [2.24, 2.45) is 0 Å². The van der Waals surface area contributed by atoms with E-state index in [4.69, 9.17) is 21.1 Å². The molecule has 0 spiro atoms. The second-order valence-corrected chi connectivity index (χ2v) is 4.56. The number of hydrogen-bond donors (Lipinski definition) is 1. The molecule has 3 rings (SSSR count). The van der Waals surface area contributed by atoms with E-state index in [2.05, 4.69) is 5.32 Å². The molecule has 18 heavy (non-hydrogen) atoms. The minimum atomic E-state index is 0.287. The van der Waals surface area contributed by atoms with Crippen LogP contribution in [0.3, 0.4) is 0 Å². The fraction of sp³-hybridized carbons (Fsp3) is 0.143. The highest BCUT2D eigenvalue weighted by molar-refractivity contribution is 6.31. The van der Waals surface area contributed by atoms with Gasteiger partial charge in [-0.2, -0.15) is 0 Å². The Kier molecular flexibility index (Phi) is 2.76. The first-order valence-corrected chi connectivity index (χ1v) is 6.03. The van der Waals surface area contributed by atoms with Crippen molar-refractivity contribution in [1.82, 2.24) is 0 Å². The second-order valence-electron chi connectivity index (χ2n) is 4.16. The van der Waals surface area contributed by atoms with E-state index in [-0.39, 0.29) is 6.79 Å². The average Bonchev–Trinajstić information content (AvgIpc) is 2.81. The maximum absolute atomic E-state index is 6.09. The molecular formula is C14H12ClNO2. The second kappa shape index (κ2) is 4.42. The van der Waals surface area contributed by atoms with Crippen molar-refractivity contribution < 1.29 is 9.47 Å². The van der Waals surface area contributed by atoms with Crippen LogP contribution >= 0.6 is 11.6 Å². The number of nitrogens with one attached hydrogen (secondary N) is 1. The monoisotopic (exact) mass is 261 g/mol. The summed E-state index contributed by atoms with van der Waals surface area (Å²) in [5, 5.41) is 4.03. The molecule has 0 saturated heterocycles. The molecule has 3 nitrogen and oxygen atoms in total. The van der Waals surface area contributed by atoms with Gasteiger partial charge in [-0.15, -0.1) is 0 Å². The Labute approximate surface area is 110 Å². The Morgan fingerprint density at radius 2 is 1.72 bits per heavy atom. The number of hydrogen-bond acceptors (Lipinski definition) is 3. The molecule has 0 saturated carbocycles. The molecular weight excluding hydrogens is 250 g/mol. The first-order valence-electron chi connectivity index (χ1n) is 5.65. The smallest absolute Gasteiger partial charge is 0.231 e. The van der Waals surface area contributed by atoms with Crippen molar-refractivity contribution in [1.29, 1.82) is 0 Å². The lowest BCUT2D eigenvalue weighted by Gasteiger charge is -2.08. The molecule has 2 aromatic carbocycles. The fourth-order valence-corrected chi connectivity index (χ4v) is 1.99. The lowest BCUT2D eigenvalue weighted by atomic mass is 10.2. The van der Waals surface area contributed by atoms with Gasteiger partial charge in [0.05, 0.1) is 0 Å². The molecule has 0 radical (unpaired) electrons. The fourth-order valence-electron chi connectivity index (χ4n) is 1.81. The van der Waals surface area contributed by atoms with Crippen LogP contribution in [0.15, 0.2) is 36.4 Å². The minimum absolute atomic E-state index is 0.287. The van der Waals surface area contributed by atoms with E-state index in [0.717, 1.165) is 33.5 Å². The largest absolute Gasteiger partial charge is 0.454 e. The Morgan fingerprint density at radius 3 is 2.56 bits per heavy atom. The van der Waals surface area contributed by atoms with E-state index in [1.807, 2.05) is 43.3 Å². The first-order chi connectivity index (χ1) is 8.72. The van der Waals surface area contributed by atoms with Crippen LogP contribution in [0.4, 0.5) is 11.4 Å². The van der Waals surface area contributed by atoms with Crippen LogP contribution in [0, 0.1) is 6.92 Å². The maximum atomic E-state index is 6.09. The third kappa shape index (κ3) is 2.09. The molecule has 1 N–H and O–H groups in total. The highest BCUT2D eigenvalue weighted by Gasteiger charge is 2.13. The molecule has 1 aliphatic heterocycles. The van der Waals surface area contributed by atoms with Crippen molar-refractivity contribution in [3.63, 3.8) is 0 Å². The standard InChI is InChI=1S/C14H12ClNO2/c1-9-2-3-10(6-12(9)15)16-11-4-5-13-14(7-11)18-8-17-13/h2-7,16H,8H2,1H3. The number of aryl methyl sites for hydroxylation is 1. The maximum Gasteiger partial charge on any atom is 0.231 e. The van der Waals surface area contributed by atoms with Gasteiger partial charge in [0.1, 0.15) is 0 Å². The third-order valence-electron chi connectivity index (χ3n) is 2.83. The average molecular weight is 262 g/mol. The zero-order chi connectivity index (χ0) is 12.5. The van der Waals surface area contributed by atoms with Gasteiger partial charge in [0.25, 0.3) is 0 Å². The topological polar surface area (TPSA) is 30.5 Å². The Bertz CT molecular complexity index is 598. The van der Waals surface area contributed by atoms with Gasteiger partial charge in [0, 0.05) is 22.5 Å². The van der Waals surface area contributed by atoms with Crippen molar-refractivity contribution in [2.75, 3.05) is 12.1 Å². The van der Waals surface area contributed by atoms with Crippen LogP contribution in [0.5, 0.6) is 11.5 Å². The summed E-state index contributed by atoms with van der Waals surface area (Å²) in [6.07, 6.45) is 0. The van der Waals surface area contributed by atoms with E-state index in [0.29, 0.717) is 0 Å². The van der Waals surface area contributed by atoms with Gasteiger partial charge in [0.15, 0.2) is 11.5 Å². The van der Waals surface area contributed by atoms with Crippen LogP contribution in [0.25, 0.3) is 0 Å². The van der Waals surface area contributed by atoms with Crippen LogP contribution in [-0.2, 0) is 0 Å². The number of benzene rings is 2. The van der Waals surface area contributed by atoms with E-state index < -0.39 is 0 Å². The molecule has 0 bridgehead atoms. The SMILES string of the molecule is Cc1ccc(Nc2ccc3c(c2)OCO3)cc1Cl. The molecule has 2 aromatic rings. The van der Waals surface area contributed by atoms with Gasteiger partial charge in [-0.05, 0) is 36.8 Å². The summed E-state index contributed by atoms with van der Waals surface area (Å²) in [7, 11) is 0. The van der Waals surface area contributed by atoms with Crippen molar-refractivity contribution in [2.45, 2.75) is 6.92 Å². The summed E-state index contributed by atoms with van der Waals surface area (Å²) >= 11 is 6.09. The normalized spacial score (nSPS) is 12.6. The predicted molar refractivity (Wildman–Crippen MR) is 72.0 cm³/mol. The molecule has 92 valence electrons.